The molecule has 17 heavy (non-hydrogen) atoms. The van der Waals surface area contributed by atoms with Crippen molar-refractivity contribution in [3.8, 4) is 0 Å². The van der Waals surface area contributed by atoms with Crippen molar-refractivity contribution in [1.29, 1.82) is 0 Å². The fourth-order valence-corrected chi connectivity index (χ4v) is 2.00. The van der Waals surface area contributed by atoms with E-state index in [4.69, 9.17) is 4.74 Å². The highest BCUT2D eigenvalue weighted by molar-refractivity contribution is 5.27. The zero-order chi connectivity index (χ0) is 12.3. The first-order chi connectivity index (χ1) is 8.13. The van der Waals surface area contributed by atoms with Crippen molar-refractivity contribution in [3.63, 3.8) is 0 Å². The van der Waals surface area contributed by atoms with Crippen LogP contribution in [0.5, 0.6) is 0 Å². The summed E-state index contributed by atoms with van der Waals surface area (Å²) >= 11 is 0. The van der Waals surface area contributed by atoms with Crippen LogP contribution in [0, 0.1) is 13.8 Å². The number of aryl methyl sites for hydroxylation is 2. The molecule has 1 aromatic rings. The van der Waals surface area contributed by atoms with E-state index in [2.05, 4.69) is 27.2 Å². The monoisotopic (exact) mass is 236 g/mol. The van der Waals surface area contributed by atoms with Gasteiger partial charge in [0.1, 0.15) is 0 Å². The van der Waals surface area contributed by atoms with Gasteiger partial charge in [0.2, 0.25) is 5.95 Å². The van der Waals surface area contributed by atoms with Crippen LogP contribution in [0.1, 0.15) is 11.4 Å². The van der Waals surface area contributed by atoms with Crippen molar-refractivity contribution in [3.05, 3.63) is 17.5 Å². The van der Waals surface area contributed by atoms with Crippen molar-refractivity contribution < 1.29 is 4.74 Å². The summed E-state index contributed by atoms with van der Waals surface area (Å²) in [5, 5.41) is 3.24. The quantitative estimate of drug-likeness (QED) is 0.842. The van der Waals surface area contributed by atoms with Crippen molar-refractivity contribution in [2.75, 3.05) is 38.6 Å². The second kappa shape index (κ2) is 5.42. The van der Waals surface area contributed by atoms with Gasteiger partial charge < -0.3 is 15.0 Å². The molecule has 0 spiro atoms. The molecule has 1 aromatic heterocycles. The van der Waals surface area contributed by atoms with Gasteiger partial charge in [0.25, 0.3) is 0 Å². The molecule has 0 radical (unpaired) electrons. The van der Waals surface area contributed by atoms with Gasteiger partial charge in [0.15, 0.2) is 0 Å². The Bertz CT molecular complexity index is 363. The van der Waals surface area contributed by atoms with Gasteiger partial charge in [-0.15, -0.1) is 0 Å². The Morgan fingerprint density at radius 2 is 2.12 bits per heavy atom. The summed E-state index contributed by atoms with van der Waals surface area (Å²) < 4.78 is 5.67. The Labute approximate surface area is 102 Å². The van der Waals surface area contributed by atoms with Gasteiger partial charge >= 0.3 is 0 Å². The first-order valence-corrected chi connectivity index (χ1v) is 6.00. The average molecular weight is 236 g/mol. The highest BCUT2D eigenvalue weighted by Gasteiger charge is 2.17. The average Bonchev–Trinajstić information content (AvgIpc) is 2.25. The second-order valence-corrected chi connectivity index (χ2v) is 4.61. The van der Waals surface area contributed by atoms with Crippen LogP contribution >= 0.6 is 0 Å². The van der Waals surface area contributed by atoms with E-state index in [9.17, 15) is 0 Å². The van der Waals surface area contributed by atoms with Gasteiger partial charge in [-0.1, -0.05) is 0 Å². The fraction of sp³-hybridized carbons (Fsp3) is 0.667. The highest BCUT2D eigenvalue weighted by Crippen LogP contribution is 2.06. The summed E-state index contributed by atoms with van der Waals surface area (Å²) in [6.45, 7) is 7.48. The third-order valence-electron chi connectivity index (χ3n) is 2.81. The summed E-state index contributed by atoms with van der Waals surface area (Å²) in [6.07, 6.45) is 0.221. The summed E-state index contributed by atoms with van der Waals surface area (Å²) in [5.74, 6) is 0.694. The molecule has 5 heteroatoms. The Balaban J connectivity index is 1.88. The molecular weight excluding hydrogens is 216 g/mol. The van der Waals surface area contributed by atoms with Gasteiger partial charge in [-0.3, -0.25) is 0 Å². The molecule has 1 aliphatic heterocycles. The number of hydrogen-bond donors (Lipinski definition) is 1. The molecule has 0 bridgehead atoms. The number of anilines is 1. The van der Waals surface area contributed by atoms with E-state index in [0.29, 0.717) is 5.95 Å². The van der Waals surface area contributed by atoms with Crippen molar-refractivity contribution >= 4 is 5.95 Å². The van der Waals surface area contributed by atoms with Crippen LogP contribution in [-0.4, -0.2) is 54.3 Å². The molecule has 1 N–H and O–H groups in total. The molecule has 1 aliphatic rings. The number of nitrogens with one attached hydrogen (secondary N) is 1. The molecule has 0 saturated carbocycles. The fourth-order valence-electron chi connectivity index (χ4n) is 2.00. The van der Waals surface area contributed by atoms with Crippen molar-refractivity contribution in [1.82, 2.24) is 14.9 Å². The normalized spacial score (nSPS) is 21.5. The summed E-state index contributed by atoms with van der Waals surface area (Å²) in [4.78, 5) is 11.0. The van der Waals surface area contributed by atoms with Gasteiger partial charge in [0, 0.05) is 31.0 Å². The zero-order valence-corrected chi connectivity index (χ0v) is 10.7. The van der Waals surface area contributed by atoms with E-state index in [1.165, 1.54) is 0 Å². The largest absolute Gasteiger partial charge is 0.374 e. The SMILES string of the molecule is Cc1cc(C)nc(NCC2CN(C)CCO2)n1. The van der Waals surface area contributed by atoms with Crippen LogP contribution < -0.4 is 5.32 Å². The molecule has 2 rings (SSSR count). The molecule has 1 saturated heterocycles. The van der Waals surface area contributed by atoms with Gasteiger partial charge in [-0.05, 0) is 27.0 Å². The van der Waals surface area contributed by atoms with E-state index in [1.54, 1.807) is 0 Å². The maximum atomic E-state index is 5.67. The molecule has 0 amide bonds. The lowest BCUT2D eigenvalue weighted by Gasteiger charge is -2.30. The lowest BCUT2D eigenvalue weighted by molar-refractivity contribution is -0.0118. The number of morpholine rings is 1. The third-order valence-corrected chi connectivity index (χ3v) is 2.81. The summed E-state index contributed by atoms with van der Waals surface area (Å²) in [7, 11) is 2.11. The number of ether oxygens (including phenoxy) is 1. The van der Waals surface area contributed by atoms with E-state index in [0.717, 1.165) is 37.6 Å². The number of aromatic nitrogens is 2. The third kappa shape index (κ3) is 3.64. The standard InChI is InChI=1S/C12H20N4O/c1-9-6-10(2)15-12(14-9)13-7-11-8-16(3)4-5-17-11/h6,11H,4-5,7-8H2,1-3H3,(H,13,14,15). The van der Waals surface area contributed by atoms with Crippen LogP contribution in [0.25, 0.3) is 0 Å². The Kier molecular flexibility index (Phi) is 3.91. The zero-order valence-electron chi connectivity index (χ0n) is 10.7. The van der Waals surface area contributed by atoms with Gasteiger partial charge in [-0.2, -0.15) is 0 Å². The predicted octanol–water partition coefficient (Wildman–Crippen LogP) is 0.836. The molecule has 1 atom stereocenters. The summed E-state index contributed by atoms with van der Waals surface area (Å²) in [6, 6.07) is 1.97. The van der Waals surface area contributed by atoms with Crippen LogP contribution in [-0.2, 0) is 4.74 Å². The lowest BCUT2D eigenvalue weighted by atomic mass is 10.3. The summed E-state index contributed by atoms with van der Waals surface area (Å²) in [5.41, 5.74) is 1.98. The van der Waals surface area contributed by atoms with E-state index < -0.39 is 0 Å². The van der Waals surface area contributed by atoms with E-state index in [1.807, 2.05) is 19.9 Å². The maximum absolute atomic E-state index is 5.67. The lowest BCUT2D eigenvalue weighted by Crippen LogP contribution is -2.43. The Hall–Kier alpha value is -1.20. The number of likely N-dealkylation sites (N-methyl/N-ethyl adjacent to an activating group) is 1. The number of hydrogen-bond acceptors (Lipinski definition) is 5. The number of rotatable bonds is 3. The van der Waals surface area contributed by atoms with Crippen molar-refractivity contribution in [2.24, 2.45) is 0 Å². The van der Waals surface area contributed by atoms with Crippen LogP contribution in [0.2, 0.25) is 0 Å². The minimum Gasteiger partial charge on any atom is -0.374 e. The van der Waals surface area contributed by atoms with Gasteiger partial charge in [0.05, 0.1) is 12.7 Å². The Morgan fingerprint density at radius 1 is 1.41 bits per heavy atom. The predicted molar refractivity (Wildman–Crippen MR) is 67.2 cm³/mol. The highest BCUT2D eigenvalue weighted by atomic mass is 16.5. The molecule has 0 aromatic carbocycles. The maximum Gasteiger partial charge on any atom is 0.223 e. The van der Waals surface area contributed by atoms with Crippen LogP contribution in [0.15, 0.2) is 6.07 Å². The Morgan fingerprint density at radius 3 is 2.76 bits per heavy atom. The minimum atomic E-state index is 0.221. The molecule has 94 valence electrons. The van der Waals surface area contributed by atoms with Crippen molar-refractivity contribution in [2.45, 2.75) is 20.0 Å². The van der Waals surface area contributed by atoms with Crippen LogP contribution in [0.3, 0.4) is 0 Å². The topological polar surface area (TPSA) is 50.3 Å². The first-order valence-electron chi connectivity index (χ1n) is 6.00. The number of nitrogens with zero attached hydrogens (tertiary/aromatic N) is 3. The molecule has 0 aliphatic carbocycles. The molecule has 2 heterocycles. The molecular formula is C12H20N4O. The molecule has 5 nitrogen and oxygen atoms in total. The van der Waals surface area contributed by atoms with E-state index >= 15 is 0 Å². The first kappa shape index (κ1) is 12.3. The van der Waals surface area contributed by atoms with Crippen LogP contribution in [0.4, 0.5) is 5.95 Å². The smallest absolute Gasteiger partial charge is 0.223 e. The minimum absolute atomic E-state index is 0.221. The molecule has 1 unspecified atom stereocenters. The second-order valence-electron chi connectivity index (χ2n) is 4.61. The van der Waals surface area contributed by atoms with Gasteiger partial charge in [-0.25, -0.2) is 9.97 Å². The van der Waals surface area contributed by atoms with E-state index in [-0.39, 0.29) is 6.10 Å². The molecule has 1 fully saturated rings.